The molecule has 4 heteroatoms. The van der Waals surface area contributed by atoms with Gasteiger partial charge >= 0.3 is 0 Å². The van der Waals surface area contributed by atoms with Gasteiger partial charge < -0.3 is 4.57 Å². The van der Waals surface area contributed by atoms with Gasteiger partial charge in [-0.1, -0.05) is 28.8 Å². The van der Waals surface area contributed by atoms with Crippen molar-refractivity contribution in [3.63, 3.8) is 0 Å². The highest BCUT2D eigenvalue weighted by atomic mass is 79.9. The van der Waals surface area contributed by atoms with Gasteiger partial charge in [0.2, 0.25) is 0 Å². The van der Waals surface area contributed by atoms with Crippen LogP contribution in [-0.4, -0.2) is 9.55 Å². The molecule has 0 spiro atoms. The quantitative estimate of drug-likeness (QED) is 0.768. The van der Waals surface area contributed by atoms with Crippen LogP contribution in [0.25, 0.3) is 11.0 Å². The fourth-order valence-corrected chi connectivity index (χ4v) is 2.77. The number of halogens is 2. The number of nitrogens with zero attached hydrogens (tertiary/aromatic N) is 2. The average Bonchev–Trinajstić information content (AvgIpc) is 3.08. The third-order valence-corrected chi connectivity index (χ3v) is 4.10. The molecule has 2 nitrogen and oxygen atoms in total. The van der Waals surface area contributed by atoms with Crippen molar-refractivity contribution in [2.75, 3.05) is 0 Å². The highest BCUT2D eigenvalue weighted by Crippen LogP contribution is 2.33. The number of fused-ring (bicyclic) bond motifs is 1. The Morgan fingerprint density at radius 1 is 1.41 bits per heavy atom. The summed E-state index contributed by atoms with van der Waals surface area (Å²) in [7, 11) is 0. The van der Waals surface area contributed by atoms with E-state index in [1.807, 2.05) is 12.1 Å². The van der Waals surface area contributed by atoms with E-state index >= 15 is 0 Å². The Balaban J connectivity index is 2.00. The molecule has 1 aliphatic carbocycles. The standard InChI is InChI=1S/C13H14BrClN2/c14-10-3-4-11-12(7-10)17(13(8-15)16-11)6-5-9-1-2-9/h3-4,7,9H,1-2,5-6,8H2. The molecule has 1 aliphatic rings. The molecule has 0 radical (unpaired) electrons. The van der Waals surface area contributed by atoms with Gasteiger partial charge in [0.1, 0.15) is 5.82 Å². The van der Waals surface area contributed by atoms with Crippen molar-refractivity contribution in [2.24, 2.45) is 5.92 Å². The second kappa shape index (κ2) is 4.62. The van der Waals surface area contributed by atoms with Crippen LogP contribution >= 0.6 is 27.5 Å². The maximum absolute atomic E-state index is 5.98. The predicted molar refractivity (Wildman–Crippen MR) is 74.3 cm³/mol. The first-order chi connectivity index (χ1) is 8.28. The molecule has 90 valence electrons. The number of hydrogen-bond acceptors (Lipinski definition) is 1. The molecular weight excluding hydrogens is 300 g/mol. The van der Waals surface area contributed by atoms with Crippen molar-refractivity contribution < 1.29 is 0 Å². The fraction of sp³-hybridized carbons (Fsp3) is 0.462. The van der Waals surface area contributed by atoms with Crippen LogP contribution in [0.1, 0.15) is 25.1 Å². The Labute approximate surface area is 114 Å². The van der Waals surface area contributed by atoms with Gasteiger partial charge in [-0.25, -0.2) is 4.98 Å². The number of aryl methyl sites for hydroxylation is 1. The number of rotatable bonds is 4. The van der Waals surface area contributed by atoms with Crippen molar-refractivity contribution in [3.05, 3.63) is 28.5 Å². The van der Waals surface area contributed by atoms with E-state index in [-0.39, 0.29) is 0 Å². The summed E-state index contributed by atoms with van der Waals surface area (Å²) in [6.07, 6.45) is 4.04. The first kappa shape index (κ1) is 11.5. The fourth-order valence-electron chi connectivity index (χ4n) is 2.22. The lowest BCUT2D eigenvalue weighted by atomic mass is 10.2. The van der Waals surface area contributed by atoms with Crippen LogP contribution in [0.15, 0.2) is 22.7 Å². The Morgan fingerprint density at radius 2 is 2.24 bits per heavy atom. The molecule has 0 N–H and O–H groups in total. The Hall–Kier alpha value is -0.540. The van der Waals surface area contributed by atoms with Crippen LogP contribution in [0, 0.1) is 5.92 Å². The first-order valence-electron chi connectivity index (χ1n) is 5.98. The minimum Gasteiger partial charge on any atom is -0.327 e. The summed E-state index contributed by atoms with van der Waals surface area (Å²) in [6, 6.07) is 6.20. The molecule has 3 rings (SSSR count). The maximum Gasteiger partial charge on any atom is 0.124 e. The third-order valence-electron chi connectivity index (χ3n) is 3.37. The van der Waals surface area contributed by atoms with E-state index in [1.165, 1.54) is 24.8 Å². The molecule has 0 unspecified atom stereocenters. The van der Waals surface area contributed by atoms with E-state index in [1.54, 1.807) is 0 Å². The maximum atomic E-state index is 5.98. The molecule has 1 heterocycles. The number of benzene rings is 1. The van der Waals surface area contributed by atoms with Crippen LogP contribution in [0.4, 0.5) is 0 Å². The zero-order valence-electron chi connectivity index (χ0n) is 9.50. The van der Waals surface area contributed by atoms with Crippen molar-refractivity contribution in [1.82, 2.24) is 9.55 Å². The van der Waals surface area contributed by atoms with Crippen molar-refractivity contribution in [3.8, 4) is 0 Å². The summed E-state index contributed by atoms with van der Waals surface area (Å²) in [6.45, 7) is 1.04. The van der Waals surface area contributed by atoms with E-state index in [2.05, 4.69) is 31.5 Å². The Bertz CT molecular complexity index is 546. The minimum absolute atomic E-state index is 0.483. The summed E-state index contributed by atoms with van der Waals surface area (Å²) in [4.78, 5) is 4.58. The lowest BCUT2D eigenvalue weighted by molar-refractivity contribution is 0.594. The number of alkyl halides is 1. The molecule has 1 aromatic heterocycles. The molecule has 0 atom stereocenters. The molecule has 0 bridgehead atoms. The molecular formula is C13H14BrClN2. The normalized spacial score (nSPS) is 15.6. The monoisotopic (exact) mass is 312 g/mol. The van der Waals surface area contributed by atoms with Gasteiger partial charge in [-0.3, -0.25) is 0 Å². The van der Waals surface area contributed by atoms with E-state index in [0.29, 0.717) is 5.88 Å². The SMILES string of the molecule is ClCc1nc2ccc(Br)cc2n1CCC1CC1. The van der Waals surface area contributed by atoms with Crippen LogP contribution in [0.3, 0.4) is 0 Å². The Kier molecular flexibility index (Phi) is 3.14. The first-order valence-corrected chi connectivity index (χ1v) is 7.31. The highest BCUT2D eigenvalue weighted by molar-refractivity contribution is 9.10. The van der Waals surface area contributed by atoms with E-state index in [0.717, 1.165) is 28.3 Å². The van der Waals surface area contributed by atoms with Gasteiger partial charge in [0.15, 0.2) is 0 Å². The lowest BCUT2D eigenvalue weighted by Gasteiger charge is -2.07. The van der Waals surface area contributed by atoms with Gasteiger partial charge in [-0.05, 0) is 30.5 Å². The highest BCUT2D eigenvalue weighted by Gasteiger charge is 2.21. The summed E-state index contributed by atoms with van der Waals surface area (Å²) in [5, 5.41) is 0. The van der Waals surface area contributed by atoms with Crippen LogP contribution < -0.4 is 0 Å². The topological polar surface area (TPSA) is 17.8 Å². The van der Waals surface area contributed by atoms with Gasteiger partial charge in [0, 0.05) is 11.0 Å². The minimum atomic E-state index is 0.483. The second-order valence-corrected chi connectivity index (χ2v) is 5.86. The average molecular weight is 314 g/mol. The zero-order valence-corrected chi connectivity index (χ0v) is 11.8. The molecule has 17 heavy (non-hydrogen) atoms. The molecule has 0 aliphatic heterocycles. The summed E-state index contributed by atoms with van der Waals surface area (Å²) < 4.78 is 3.37. The van der Waals surface area contributed by atoms with Gasteiger partial charge in [0.25, 0.3) is 0 Å². The summed E-state index contributed by atoms with van der Waals surface area (Å²) >= 11 is 9.50. The smallest absolute Gasteiger partial charge is 0.124 e. The van der Waals surface area contributed by atoms with Crippen molar-refractivity contribution >= 4 is 38.6 Å². The van der Waals surface area contributed by atoms with Gasteiger partial charge in [0.05, 0.1) is 16.9 Å². The molecule has 0 saturated heterocycles. The Morgan fingerprint density at radius 3 is 2.94 bits per heavy atom. The van der Waals surface area contributed by atoms with E-state index in [9.17, 15) is 0 Å². The van der Waals surface area contributed by atoms with Crippen LogP contribution in [-0.2, 0) is 12.4 Å². The molecule has 1 aromatic carbocycles. The molecule has 1 saturated carbocycles. The lowest BCUT2D eigenvalue weighted by Crippen LogP contribution is -2.03. The van der Waals surface area contributed by atoms with E-state index in [4.69, 9.17) is 11.6 Å². The van der Waals surface area contributed by atoms with Crippen LogP contribution in [0.2, 0.25) is 0 Å². The number of hydrogen-bond donors (Lipinski definition) is 0. The summed E-state index contributed by atoms with van der Waals surface area (Å²) in [5.74, 6) is 2.40. The molecule has 2 aromatic rings. The van der Waals surface area contributed by atoms with E-state index < -0.39 is 0 Å². The molecule has 1 fully saturated rings. The molecule has 0 amide bonds. The zero-order chi connectivity index (χ0) is 11.8. The number of imidazole rings is 1. The largest absolute Gasteiger partial charge is 0.327 e. The van der Waals surface area contributed by atoms with Crippen LogP contribution in [0.5, 0.6) is 0 Å². The summed E-state index contributed by atoms with van der Waals surface area (Å²) in [5.41, 5.74) is 2.23. The number of aromatic nitrogens is 2. The predicted octanol–water partition coefficient (Wildman–Crippen LogP) is 4.34. The second-order valence-electron chi connectivity index (χ2n) is 4.68. The third kappa shape index (κ3) is 2.36. The van der Waals surface area contributed by atoms with Gasteiger partial charge in [-0.2, -0.15) is 0 Å². The van der Waals surface area contributed by atoms with Crippen molar-refractivity contribution in [1.29, 1.82) is 0 Å². The van der Waals surface area contributed by atoms with Crippen molar-refractivity contribution in [2.45, 2.75) is 31.7 Å². The van der Waals surface area contributed by atoms with Gasteiger partial charge in [-0.15, -0.1) is 11.6 Å².